The summed E-state index contributed by atoms with van der Waals surface area (Å²) >= 11 is 2.23. The van der Waals surface area contributed by atoms with Gasteiger partial charge in [-0.3, -0.25) is 0 Å². The Kier molecular flexibility index (Phi) is 3.82. The third-order valence-corrected chi connectivity index (χ3v) is 5.39. The van der Waals surface area contributed by atoms with E-state index < -0.39 is 0 Å². The smallest absolute Gasteiger partial charge is 0.339 e. The van der Waals surface area contributed by atoms with E-state index in [0.29, 0.717) is 17.9 Å². The molecule has 3 rings (SSSR count). The number of nitrogens with zero attached hydrogens (tertiary/aromatic N) is 1. The molecule has 1 aromatic carbocycles. The first-order chi connectivity index (χ1) is 8.90. The van der Waals surface area contributed by atoms with E-state index in [1.807, 2.05) is 0 Å². The van der Waals surface area contributed by atoms with E-state index in [2.05, 4.69) is 33.9 Å². The summed E-state index contributed by atoms with van der Waals surface area (Å²) in [6.45, 7) is 0. The van der Waals surface area contributed by atoms with Crippen LogP contribution in [0.2, 0.25) is 0 Å². The standard InChI is InChI=1S/C13H17N2OS2/c16-18-14-13-15(10-6-2-1-3-7-10)11-8-4-5-9-12(11)17-13/h4-5,8-10,13H,1-3,6-7H2,(H,14,16)/q+1. The van der Waals surface area contributed by atoms with Gasteiger partial charge in [-0.15, -0.1) is 0 Å². The predicted molar refractivity (Wildman–Crippen MR) is 76.6 cm³/mol. The Bertz CT molecular complexity index is 435. The van der Waals surface area contributed by atoms with Crippen molar-refractivity contribution < 1.29 is 4.21 Å². The zero-order valence-corrected chi connectivity index (χ0v) is 11.8. The summed E-state index contributed by atoms with van der Waals surface area (Å²) < 4.78 is 13.8. The first kappa shape index (κ1) is 12.4. The molecule has 0 spiro atoms. The van der Waals surface area contributed by atoms with E-state index in [1.165, 1.54) is 42.7 Å². The van der Waals surface area contributed by atoms with Crippen LogP contribution in [0.15, 0.2) is 29.2 Å². The summed E-state index contributed by atoms with van der Waals surface area (Å²) in [6, 6.07) is 9.06. The van der Waals surface area contributed by atoms with Gasteiger partial charge >= 0.3 is 11.9 Å². The maximum absolute atomic E-state index is 10.8. The van der Waals surface area contributed by atoms with E-state index in [-0.39, 0.29) is 5.50 Å². The number of anilines is 1. The molecule has 18 heavy (non-hydrogen) atoms. The monoisotopic (exact) mass is 281 g/mol. The Labute approximate surface area is 116 Å². The Hall–Kier alpha value is -0.650. The van der Waals surface area contributed by atoms with Crippen LogP contribution in [-0.2, 0) is 16.1 Å². The fraction of sp³-hybridized carbons (Fsp3) is 0.538. The number of rotatable bonds is 3. The van der Waals surface area contributed by atoms with Gasteiger partial charge in [0, 0.05) is 15.7 Å². The van der Waals surface area contributed by atoms with Crippen molar-refractivity contribution >= 4 is 29.3 Å². The number of thioether (sulfide) groups is 1. The molecule has 1 unspecified atom stereocenters. The SMILES string of the molecule is O=[S+]NC1Sc2ccccc2N1C1CCCCC1. The van der Waals surface area contributed by atoms with Crippen LogP contribution in [-0.4, -0.2) is 11.5 Å². The molecule has 0 bridgehead atoms. The molecule has 3 nitrogen and oxygen atoms in total. The second-order valence-electron chi connectivity index (χ2n) is 4.84. The van der Waals surface area contributed by atoms with Crippen molar-refractivity contribution in [1.82, 2.24) is 4.72 Å². The lowest BCUT2D eigenvalue weighted by Gasteiger charge is -2.35. The quantitative estimate of drug-likeness (QED) is 0.682. The van der Waals surface area contributed by atoms with Crippen LogP contribution in [0.3, 0.4) is 0 Å². The summed E-state index contributed by atoms with van der Waals surface area (Å²) in [5, 5.41) is 0. The molecule has 1 aromatic rings. The molecule has 1 N–H and O–H groups in total. The number of hydrogen-bond acceptors (Lipinski definition) is 3. The molecule has 1 atom stereocenters. The average molecular weight is 281 g/mol. The van der Waals surface area contributed by atoms with Crippen molar-refractivity contribution in [3.8, 4) is 0 Å². The minimum Gasteiger partial charge on any atom is -0.339 e. The largest absolute Gasteiger partial charge is 0.590 e. The molecule has 2 aliphatic rings. The number of hydrogen-bond donors (Lipinski definition) is 1. The molecule has 1 aliphatic heterocycles. The first-order valence-electron chi connectivity index (χ1n) is 6.48. The fourth-order valence-corrected chi connectivity index (χ4v) is 4.54. The van der Waals surface area contributed by atoms with Gasteiger partial charge in [-0.05, 0) is 25.0 Å². The molecular weight excluding hydrogens is 264 g/mol. The highest BCUT2D eigenvalue weighted by Crippen LogP contribution is 2.45. The van der Waals surface area contributed by atoms with E-state index in [1.54, 1.807) is 11.8 Å². The van der Waals surface area contributed by atoms with Crippen LogP contribution in [0.4, 0.5) is 5.69 Å². The lowest BCUT2D eigenvalue weighted by molar-refractivity contribution is 0.408. The lowest BCUT2D eigenvalue weighted by atomic mass is 9.94. The van der Waals surface area contributed by atoms with E-state index in [0.717, 1.165) is 0 Å². The predicted octanol–water partition coefficient (Wildman–Crippen LogP) is 3.15. The van der Waals surface area contributed by atoms with Crippen molar-refractivity contribution in [1.29, 1.82) is 0 Å². The van der Waals surface area contributed by atoms with Gasteiger partial charge in [0.15, 0.2) is 5.50 Å². The van der Waals surface area contributed by atoms with Crippen LogP contribution in [0.5, 0.6) is 0 Å². The van der Waals surface area contributed by atoms with Crippen LogP contribution < -0.4 is 9.62 Å². The summed E-state index contributed by atoms with van der Waals surface area (Å²) in [5.74, 6) is 0. The van der Waals surface area contributed by atoms with Crippen molar-refractivity contribution in [2.24, 2.45) is 0 Å². The molecule has 0 saturated heterocycles. The van der Waals surface area contributed by atoms with Crippen molar-refractivity contribution in [3.63, 3.8) is 0 Å². The summed E-state index contributed by atoms with van der Waals surface area (Å²) in [5.41, 5.74) is 1.38. The molecular formula is C13H17N2OS2+. The zero-order chi connectivity index (χ0) is 12.4. The van der Waals surface area contributed by atoms with Gasteiger partial charge in [0.2, 0.25) is 0 Å². The molecule has 0 amide bonds. The van der Waals surface area contributed by atoms with E-state index in [9.17, 15) is 4.21 Å². The topological polar surface area (TPSA) is 32.3 Å². The lowest BCUT2D eigenvalue weighted by Crippen LogP contribution is -2.46. The zero-order valence-electron chi connectivity index (χ0n) is 10.2. The second kappa shape index (κ2) is 5.55. The molecule has 96 valence electrons. The van der Waals surface area contributed by atoms with Crippen molar-refractivity contribution in [3.05, 3.63) is 24.3 Å². The van der Waals surface area contributed by atoms with E-state index in [4.69, 9.17) is 0 Å². The summed E-state index contributed by atoms with van der Waals surface area (Å²) in [4.78, 5) is 3.71. The number of para-hydroxylation sites is 1. The first-order valence-corrected chi connectivity index (χ1v) is 8.10. The highest BCUT2D eigenvalue weighted by Gasteiger charge is 2.37. The molecule has 0 radical (unpaired) electrons. The van der Waals surface area contributed by atoms with Gasteiger partial charge in [0.05, 0.1) is 9.90 Å². The average Bonchev–Trinajstić information content (AvgIpc) is 2.78. The molecule has 0 aromatic heterocycles. The van der Waals surface area contributed by atoms with Crippen LogP contribution >= 0.6 is 11.8 Å². The van der Waals surface area contributed by atoms with Crippen LogP contribution in [0, 0.1) is 0 Å². The number of benzene rings is 1. The molecule has 1 fully saturated rings. The molecule has 5 heteroatoms. The second-order valence-corrected chi connectivity index (χ2v) is 6.36. The van der Waals surface area contributed by atoms with Gasteiger partial charge in [0.25, 0.3) is 0 Å². The Balaban J connectivity index is 1.89. The highest BCUT2D eigenvalue weighted by atomic mass is 32.2. The maximum Gasteiger partial charge on any atom is 0.590 e. The summed E-state index contributed by atoms with van der Waals surface area (Å²) in [7, 11) is 0. The molecule has 1 heterocycles. The van der Waals surface area contributed by atoms with E-state index >= 15 is 0 Å². The van der Waals surface area contributed by atoms with Gasteiger partial charge in [0.1, 0.15) is 0 Å². The van der Waals surface area contributed by atoms with Crippen molar-refractivity contribution in [2.45, 2.75) is 48.5 Å². The highest BCUT2D eigenvalue weighted by molar-refractivity contribution is 8.00. The normalized spacial score (nSPS) is 24.0. The molecule has 1 aliphatic carbocycles. The van der Waals surface area contributed by atoms with Gasteiger partial charge in [-0.1, -0.05) is 43.2 Å². The summed E-state index contributed by atoms with van der Waals surface area (Å²) in [6.07, 6.45) is 6.47. The molecule has 1 saturated carbocycles. The minimum absolute atomic E-state index is 0.0907. The number of fused-ring (bicyclic) bond motifs is 1. The Morgan fingerprint density at radius 2 is 2.00 bits per heavy atom. The van der Waals surface area contributed by atoms with Gasteiger partial charge in [-0.25, -0.2) is 0 Å². The fourth-order valence-electron chi connectivity index (χ4n) is 2.94. The Morgan fingerprint density at radius 3 is 2.78 bits per heavy atom. The number of nitrogens with one attached hydrogen (secondary N) is 1. The Morgan fingerprint density at radius 1 is 1.22 bits per heavy atom. The third kappa shape index (κ3) is 2.27. The maximum atomic E-state index is 10.8. The van der Waals surface area contributed by atoms with Crippen LogP contribution in [0.1, 0.15) is 32.1 Å². The van der Waals surface area contributed by atoms with Gasteiger partial charge in [-0.2, -0.15) is 0 Å². The third-order valence-electron chi connectivity index (χ3n) is 3.75. The van der Waals surface area contributed by atoms with Crippen LogP contribution in [0.25, 0.3) is 0 Å². The minimum atomic E-state index is 0.0907. The van der Waals surface area contributed by atoms with Crippen molar-refractivity contribution in [2.75, 3.05) is 4.90 Å². The van der Waals surface area contributed by atoms with Gasteiger partial charge < -0.3 is 4.90 Å².